The Kier molecular flexibility index (Phi) is 6.94. The minimum absolute atomic E-state index is 0.106. The number of aromatic nitrogens is 1. The molecule has 6 nitrogen and oxygen atoms in total. The zero-order valence-electron chi connectivity index (χ0n) is 17.2. The summed E-state index contributed by atoms with van der Waals surface area (Å²) in [5.41, 5.74) is 2.44. The van der Waals surface area contributed by atoms with Gasteiger partial charge in [0.05, 0.1) is 0 Å². The summed E-state index contributed by atoms with van der Waals surface area (Å²) in [7, 11) is 0. The van der Waals surface area contributed by atoms with Crippen LogP contribution in [-0.2, 0) is 0 Å². The number of amides is 2. The highest BCUT2D eigenvalue weighted by molar-refractivity contribution is 5.74. The number of urea groups is 1. The molecule has 150 valence electrons. The Hall–Kier alpha value is -1.82. The van der Waals surface area contributed by atoms with Gasteiger partial charge in [-0.05, 0) is 70.7 Å². The number of hydrogen-bond acceptors (Lipinski definition) is 4. The van der Waals surface area contributed by atoms with Gasteiger partial charge in [0.15, 0.2) is 0 Å². The predicted molar refractivity (Wildman–Crippen MR) is 110 cm³/mol. The van der Waals surface area contributed by atoms with Gasteiger partial charge in [-0.3, -0.25) is 4.98 Å². The van der Waals surface area contributed by atoms with Gasteiger partial charge in [-0.15, -0.1) is 0 Å². The number of likely N-dealkylation sites (tertiary alicyclic amines) is 1. The Balaban J connectivity index is 1.44. The van der Waals surface area contributed by atoms with Gasteiger partial charge in [0.25, 0.3) is 0 Å². The molecule has 2 fully saturated rings. The zero-order valence-corrected chi connectivity index (χ0v) is 17.2. The van der Waals surface area contributed by atoms with Crippen molar-refractivity contribution in [2.45, 2.75) is 46.1 Å². The van der Waals surface area contributed by atoms with E-state index in [0.717, 1.165) is 52.2 Å². The average molecular weight is 374 g/mol. The fourth-order valence-electron chi connectivity index (χ4n) is 4.20. The smallest absolute Gasteiger partial charge is 0.317 e. The second-order valence-corrected chi connectivity index (χ2v) is 8.25. The maximum absolute atomic E-state index is 12.7. The largest absolute Gasteiger partial charge is 0.369 e. The van der Waals surface area contributed by atoms with Crippen LogP contribution in [0, 0.1) is 12.8 Å². The molecule has 0 saturated carbocycles. The molecule has 2 aliphatic heterocycles. The lowest BCUT2D eigenvalue weighted by Crippen LogP contribution is -2.46. The summed E-state index contributed by atoms with van der Waals surface area (Å²) in [6.45, 7) is 13.2. The second kappa shape index (κ2) is 9.40. The number of nitrogens with zero attached hydrogens (tertiary/aromatic N) is 4. The molecule has 3 rings (SSSR count). The van der Waals surface area contributed by atoms with Crippen molar-refractivity contribution in [3.8, 4) is 0 Å². The second-order valence-electron chi connectivity index (χ2n) is 8.25. The van der Waals surface area contributed by atoms with Gasteiger partial charge in [-0.25, -0.2) is 4.79 Å². The predicted octanol–water partition coefficient (Wildman–Crippen LogP) is 2.73. The van der Waals surface area contributed by atoms with Gasteiger partial charge >= 0.3 is 6.03 Å². The van der Waals surface area contributed by atoms with Crippen molar-refractivity contribution in [2.24, 2.45) is 5.92 Å². The molecule has 1 aromatic rings. The van der Waals surface area contributed by atoms with Gasteiger partial charge in [-0.2, -0.15) is 0 Å². The van der Waals surface area contributed by atoms with Crippen molar-refractivity contribution < 1.29 is 4.79 Å². The molecule has 3 heterocycles. The minimum Gasteiger partial charge on any atom is -0.369 e. The lowest BCUT2D eigenvalue weighted by molar-refractivity contribution is 0.146. The average Bonchev–Trinajstić information content (AvgIpc) is 2.93. The van der Waals surface area contributed by atoms with E-state index >= 15 is 0 Å². The molecule has 0 atom stereocenters. The van der Waals surface area contributed by atoms with Crippen LogP contribution in [-0.4, -0.2) is 72.7 Å². The Bertz CT molecular complexity index is 612. The molecule has 1 aromatic heterocycles. The monoisotopic (exact) mass is 373 g/mol. The van der Waals surface area contributed by atoms with E-state index in [2.05, 4.69) is 46.9 Å². The number of rotatable bonds is 4. The first-order valence-electron chi connectivity index (χ1n) is 10.5. The fourth-order valence-corrected chi connectivity index (χ4v) is 4.20. The SMILES string of the molecule is Cc1cnccc1N1CCCN(C(=O)NCC2CCN(C(C)C)CC2)CC1. The standard InChI is InChI=1S/C21H35N5O/c1-17(2)24-11-6-19(7-12-24)16-23-21(27)26-10-4-9-25(13-14-26)20-5-8-22-15-18(20)3/h5,8,15,17,19H,4,6-7,9-14,16H2,1-3H3,(H,23,27). The molecule has 2 amide bonds. The normalized spacial score (nSPS) is 20.0. The van der Waals surface area contributed by atoms with Crippen LogP contribution in [0.2, 0.25) is 0 Å². The topological polar surface area (TPSA) is 51.7 Å². The third-order valence-electron chi connectivity index (χ3n) is 6.04. The molecule has 2 saturated heterocycles. The summed E-state index contributed by atoms with van der Waals surface area (Å²) in [5.74, 6) is 0.617. The van der Waals surface area contributed by atoms with Crippen LogP contribution in [0.1, 0.15) is 38.7 Å². The molecule has 0 bridgehead atoms. The number of nitrogens with one attached hydrogen (secondary N) is 1. The number of piperidine rings is 1. The summed E-state index contributed by atoms with van der Waals surface area (Å²) in [5, 5.41) is 3.20. The highest BCUT2D eigenvalue weighted by Crippen LogP contribution is 2.20. The summed E-state index contributed by atoms with van der Waals surface area (Å²) in [4.78, 5) is 23.7. The minimum atomic E-state index is 0.106. The van der Waals surface area contributed by atoms with Crippen LogP contribution < -0.4 is 10.2 Å². The first-order valence-corrected chi connectivity index (χ1v) is 10.5. The molecule has 0 aliphatic carbocycles. The van der Waals surface area contributed by atoms with Crippen molar-refractivity contribution in [2.75, 3.05) is 50.7 Å². The molecular weight excluding hydrogens is 338 g/mol. The number of aryl methyl sites for hydroxylation is 1. The summed E-state index contributed by atoms with van der Waals surface area (Å²) in [6, 6.07) is 2.81. The first kappa shape index (κ1) is 19.9. The van der Waals surface area contributed by atoms with Gasteiger partial charge in [0.2, 0.25) is 0 Å². The van der Waals surface area contributed by atoms with E-state index < -0.39 is 0 Å². The number of anilines is 1. The molecule has 0 aromatic carbocycles. The number of carbonyl (C=O) groups excluding carboxylic acids is 1. The van der Waals surface area contributed by atoms with Gasteiger partial charge in [0, 0.05) is 56.8 Å². The zero-order chi connectivity index (χ0) is 19.2. The molecule has 0 radical (unpaired) electrons. The van der Waals surface area contributed by atoms with E-state index in [9.17, 15) is 4.79 Å². The summed E-state index contributed by atoms with van der Waals surface area (Å²) < 4.78 is 0. The van der Waals surface area contributed by atoms with E-state index in [0.29, 0.717) is 12.0 Å². The van der Waals surface area contributed by atoms with Crippen LogP contribution in [0.3, 0.4) is 0 Å². The van der Waals surface area contributed by atoms with Crippen LogP contribution in [0.15, 0.2) is 18.5 Å². The quantitative estimate of drug-likeness (QED) is 0.882. The Morgan fingerprint density at radius 2 is 1.96 bits per heavy atom. The van der Waals surface area contributed by atoms with Crippen molar-refractivity contribution in [1.82, 2.24) is 20.1 Å². The number of pyridine rings is 1. The van der Waals surface area contributed by atoms with Crippen molar-refractivity contribution in [3.05, 3.63) is 24.0 Å². The van der Waals surface area contributed by atoms with Crippen molar-refractivity contribution in [3.63, 3.8) is 0 Å². The van der Waals surface area contributed by atoms with E-state index in [-0.39, 0.29) is 6.03 Å². The molecule has 27 heavy (non-hydrogen) atoms. The lowest BCUT2D eigenvalue weighted by Gasteiger charge is -2.35. The number of hydrogen-bond donors (Lipinski definition) is 1. The molecule has 0 spiro atoms. The fraction of sp³-hybridized carbons (Fsp3) is 0.714. The van der Waals surface area contributed by atoms with Crippen LogP contribution in [0.4, 0.5) is 10.5 Å². The molecule has 1 N–H and O–H groups in total. The van der Waals surface area contributed by atoms with Gasteiger partial charge in [0.1, 0.15) is 0 Å². The van der Waals surface area contributed by atoms with E-state index in [1.165, 1.54) is 24.1 Å². The molecule has 6 heteroatoms. The van der Waals surface area contributed by atoms with E-state index in [1.807, 2.05) is 17.3 Å². The highest BCUT2D eigenvalue weighted by atomic mass is 16.2. The van der Waals surface area contributed by atoms with Crippen molar-refractivity contribution in [1.29, 1.82) is 0 Å². The Labute approximate surface area is 163 Å². The van der Waals surface area contributed by atoms with Crippen molar-refractivity contribution >= 4 is 11.7 Å². The van der Waals surface area contributed by atoms with Crippen LogP contribution in [0.5, 0.6) is 0 Å². The highest BCUT2D eigenvalue weighted by Gasteiger charge is 2.23. The first-order chi connectivity index (χ1) is 13.0. The maximum atomic E-state index is 12.7. The lowest BCUT2D eigenvalue weighted by atomic mass is 9.96. The van der Waals surface area contributed by atoms with Crippen LogP contribution >= 0.6 is 0 Å². The molecule has 0 unspecified atom stereocenters. The van der Waals surface area contributed by atoms with Crippen LogP contribution in [0.25, 0.3) is 0 Å². The van der Waals surface area contributed by atoms with E-state index in [4.69, 9.17) is 0 Å². The van der Waals surface area contributed by atoms with Gasteiger partial charge in [-0.1, -0.05) is 0 Å². The third kappa shape index (κ3) is 5.34. The summed E-state index contributed by atoms with van der Waals surface area (Å²) in [6.07, 6.45) is 7.14. The summed E-state index contributed by atoms with van der Waals surface area (Å²) >= 11 is 0. The van der Waals surface area contributed by atoms with Gasteiger partial charge < -0.3 is 20.0 Å². The molecular formula is C21H35N5O. The van der Waals surface area contributed by atoms with E-state index in [1.54, 1.807) is 0 Å². The Morgan fingerprint density at radius 1 is 1.19 bits per heavy atom. The Morgan fingerprint density at radius 3 is 2.67 bits per heavy atom. The third-order valence-corrected chi connectivity index (χ3v) is 6.04. The molecule has 2 aliphatic rings. The number of carbonyl (C=O) groups is 1. The maximum Gasteiger partial charge on any atom is 0.317 e.